The Kier molecular flexibility index (Phi) is 7.48. The van der Waals surface area contributed by atoms with Crippen LogP contribution in [-0.4, -0.2) is 46.7 Å². The average molecular weight is 516 g/mol. The molecule has 1 atom stereocenters. The Morgan fingerprint density at radius 2 is 1.94 bits per heavy atom. The Bertz CT molecular complexity index is 1240. The van der Waals surface area contributed by atoms with E-state index in [0.29, 0.717) is 12.2 Å². The molecule has 1 saturated heterocycles. The lowest BCUT2D eigenvalue weighted by Gasteiger charge is -2.35. The van der Waals surface area contributed by atoms with Crippen LogP contribution in [-0.2, 0) is 4.74 Å². The van der Waals surface area contributed by atoms with E-state index < -0.39 is 29.2 Å². The smallest absolute Gasteiger partial charge is 0.407 e. The molecule has 2 N–H and O–H groups in total. The summed E-state index contributed by atoms with van der Waals surface area (Å²) in [6.45, 7) is 6.68. The Morgan fingerprint density at radius 3 is 2.67 bits per heavy atom. The van der Waals surface area contributed by atoms with Crippen LogP contribution in [0.1, 0.15) is 44.1 Å². The van der Waals surface area contributed by atoms with Crippen LogP contribution in [0.2, 0.25) is 0 Å². The molecule has 190 valence electrons. The highest BCUT2D eigenvalue weighted by Gasteiger charge is 2.26. The van der Waals surface area contributed by atoms with Gasteiger partial charge in [0.2, 0.25) is 0 Å². The zero-order chi connectivity index (χ0) is 25.9. The molecule has 3 aromatic rings. The highest BCUT2D eigenvalue weighted by Crippen LogP contribution is 2.31. The van der Waals surface area contributed by atoms with Gasteiger partial charge in [-0.05, 0) is 51.8 Å². The summed E-state index contributed by atoms with van der Waals surface area (Å²) in [5, 5.41) is 7.25. The number of carbonyl (C=O) groups is 2. The minimum absolute atomic E-state index is 0.0376. The van der Waals surface area contributed by atoms with Crippen molar-refractivity contribution in [2.45, 2.75) is 45.3 Å². The highest BCUT2D eigenvalue weighted by molar-refractivity contribution is 7.13. The molecule has 0 bridgehead atoms. The number of benzene rings is 1. The third kappa shape index (κ3) is 6.14. The van der Waals surface area contributed by atoms with E-state index in [1.807, 2.05) is 20.8 Å². The van der Waals surface area contributed by atoms with Crippen LogP contribution in [0, 0.1) is 11.6 Å². The zero-order valence-electron chi connectivity index (χ0n) is 20.2. The van der Waals surface area contributed by atoms with Crippen molar-refractivity contribution in [2.24, 2.45) is 0 Å². The summed E-state index contributed by atoms with van der Waals surface area (Å²) in [7, 11) is 0. The number of hydrogen-bond acceptors (Lipinski definition) is 7. The molecule has 0 radical (unpaired) electrons. The number of pyridine rings is 1. The van der Waals surface area contributed by atoms with Crippen LogP contribution < -0.4 is 15.5 Å². The van der Waals surface area contributed by atoms with Gasteiger partial charge >= 0.3 is 6.09 Å². The average Bonchev–Trinajstić information content (AvgIpc) is 3.28. The molecule has 1 unspecified atom stereocenters. The number of amides is 2. The van der Waals surface area contributed by atoms with Crippen molar-refractivity contribution in [3.63, 3.8) is 0 Å². The van der Waals surface area contributed by atoms with Crippen LogP contribution in [0.4, 0.5) is 25.0 Å². The van der Waals surface area contributed by atoms with E-state index in [1.54, 1.807) is 12.3 Å². The van der Waals surface area contributed by atoms with E-state index in [1.165, 1.54) is 17.6 Å². The fourth-order valence-corrected chi connectivity index (χ4v) is 4.78. The van der Waals surface area contributed by atoms with Crippen LogP contribution in [0.25, 0.3) is 10.6 Å². The Hall–Kier alpha value is -3.60. The van der Waals surface area contributed by atoms with Crippen LogP contribution in [0.3, 0.4) is 0 Å². The summed E-state index contributed by atoms with van der Waals surface area (Å²) in [5.41, 5.74) is 0.391. The lowest BCUT2D eigenvalue weighted by molar-refractivity contribution is 0.0500. The lowest BCUT2D eigenvalue weighted by Crippen LogP contribution is -2.49. The van der Waals surface area contributed by atoms with Gasteiger partial charge in [-0.15, -0.1) is 11.3 Å². The number of hydrogen-bond donors (Lipinski definition) is 2. The number of thiazole rings is 1. The van der Waals surface area contributed by atoms with Crippen LogP contribution in [0.5, 0.6) is 0 Å². The van der Waals surface area contributed by atoms with E-state index >= 15 is 0 Å². The second-order valence-corrected chi connectivity index (χ2v) is 10.3. The van der Waals surface area contributed by atoms with Gasteiger partial charge in [0.1, 0.15) is 27.9 Å². The fourth-order valence-electron chi connectivity index (χ4n) is 3.93. The zero-order valence-corrected chi connectivity index (χ0v) is 21.0. The topological polar surface area (TPSA) is 96.5 Å². The standard InChI is InChI=1S/C25H27F2N5O3S/c1-25(2,3)35-24(34)29-15-6-5-11-32(13-15)20-9-10-28-12-18(20)30-22(33)19-14-36-23(31-19)21-16(26)7-4-8-17(21)27/h4,7-10,12,14-15H,5-6,11,13H2,1-3H3,(H,29,34)(H,30,33). The Balaban J connectivity index is 1.47. The SMILES string of the molecule is CC(C)(C)OC(=O)NC1CCCN(c2ccncc2NC(=O)c2csc(-c3c(F)cccc3F)n2)C1. The molecule has 2 aromatic heterocycles. The monoisotopic (exact) mass is 515 g/mol. The lowest BCUT2D eigenvalue weighted by atomic mass is 10.0. The van der Waals surface area contributed by atoms with Crippen molar-refractivity contribution in [1.29, 1.82) is 0 Å². The van der Waals surface area contributed by atoms with Crippen molar-refractivity contribution in [3.8, 4) is 10.6 Å². The van der Waals surface area contributed by atoms with Crippen molar-refractivity contribution in [3.05, 3.63) is 59.4 Å². The maximum Gasteiger partial charge on any atom is 0.407 e. The second kappa shape index (κ2) is 10.6. The van der Waals surface area contributed by atoms with Crippen molar-refractivity contribution >= 4 is 34.7 Å². The minimum atomic E-state index is -0.745. The molecule has 0 spiro atoms. The largest absolute Gasteiger partial charge is 0.444 e. The number of nitrogens with one attached hydrogen (secondary N) is 2. The van der Waals surface area contributed by atoms with E-state index in [4.69, 9.17) is 4.74 Å². The molecule has 0 aliphatic carbocycles. The van der Waals surface area contributed by atoms with E-state index in [-0.39, 0.29) is 22.3 Å². The van der Waals surface area contributed by atoms with Crippen molar-refractivity contribution in [2.75, 3.05) is 23.3 Å². The molecule has 1 aliphatic rings. The molecule has 0 saturated carbocycles. The molecule has 4 rings (SSSR count). The number of carbonyl (C=O) groups excluding carboxylic acids is 2. The van der Waals surface area contributed by atoms with Crippen LogP contribution in [0.15, 0.2) is 42.0 Å². The first-order chi connectivity index (χ1) is 17.1. The summed E-state index contributed by atoms with van der Waals surface area (Å²) in [5.74, 6) is -2.01. The van der Waals surface area contributed by atoms with Gasteiger partial charge in [-0.1, -0.05) is 6.07 Å². The first-order valence-electron chi connectivity index (χ1n) is 11.5. The van der Waals surface area contributed by atoms with Crippen LogP contribution >= 0.6 is 11.3 Å². The first kappa shape index (κ1) is 25.5. The maximum atomic E-state index is 14.1. The van der Waals surface area contributed by atoms with Crippen molar-refractivity contribution < 1.29 is 23.1 Å². The molecule has 1 fully saturated rings. The molecule has 36 heavy (non-hydrogen) atoms. The second-order valence-electron chi connectivity index (χ2n) is 9.41. The molecule has 11 heteroatoms. The normalized spacial score (nSPS) is 15.9. The third-order valence-electron chi connectivity index (χ3n) is 5.44. The quantitative estimate of drug-likeness (QED) is 0.483. The van der Waals surface area contributed by atoms with E-state index in [9.17, 15) is 18.4 Å². The number of anilines is 2. The summed E-state index contributed by atoms with van der Waals surface area (Å²) in [6.07, 6.45) is 4.32. The summed E-state index contributed by atoms with van der Waals surface area (Å²) < 4.78 is 33.6. The van der Waals surface area contributed by atoms with E-state index in [0.717, 1.165) is 48.5 Å². The van der Waals surface area contributed by atoms with Gasteiger partial charge in [-0.25, -0.2) is 18.6 Å². The number of nitrogens with zero attached hydrogens (tertiary/aromatic N) is 3. The predicted molar refractivity (Wildman–Crippen MR) is 134 cm³/mol. The molecule has 1 aliphatic heterocycles. The number of ether oxygens (including phenoxy) is 1. The van der Waals surface area contributed by atoms with Crippen molar-refractivity contribution in [1.82, 2.24) is 15.3 Å². The van der Waals surface area contributed by atoms with Gasteiger partial charge in [-0.3, -0.25) is 9.78 Å². The number of halogens is 2. The Labute approximate surface area is 211 Å². The number of rotatable bonds is 5. The van der Waals surface area contributed by atoms with Gasteiger partial charge in [0, 0.05) is 30.7 Å². The van der Waals surface area contributed by atoms with E-state index in [2.05, 4.69) is 25.5 Å². The molecular formula is C25H27F2N5O3S. The third-order valence-corrected chi connectivity index (χ3v) is 6.30. The van der Waals surface area contributed by atoms with Gasteiger partial charge in [0.25, 0.3) is 5.91 Å². The minimum Gasteiger partial charge on any atom is -0.444 e. The highest BCUT2D eigenvalue weighted by atomic mass is 32.1. The molecule has 3 heterocycles. The van der Waals surface area contributed by atoms with Gasteiger partial charge in [0.05, 0.1) is 23.1 Å². The summed E-state index contributed by atoms with van der Waals surface area (Å²) in [4.78, 5) is 35.5. The number of aromatic nitrogens is 2. The maximum absolute atomic E-state index is 14.1. The summed E-state index contributed by atoms with van der Waals surface area (Å²) >= 11 is 0.982. The number of piperidine rings is 1. The molecule has 8 nitrogen and oxygen atoms in total. The molecule has 2 amide bonds. The summed E-state index contributed by atoms with van der Waals surface area (Å²) in [6, 6.07) is 5.22. The number of alkyl carbamates (subject to hydrolysis) is 1. The predicted octanol–water partition coefficient (Wildman–Crippen LogP) is 5.23. The van der Waals surface area contributed by atoms with Gasteiger partial charge in [-0.2, -0.15) is 0 Å². The van der Waals surface area contributed by atoms with Gasteiger partial charge < -0.3 is 20.3 Å². The fraction of sp³-hybridized carbons (Fsp3) is 0.360. The molecular weight excluding hydrogens is 488 g/mol. The van der Waals surface area contributed by atoms with Gasteiger partial charge in [0.15, 0.2) is 0 Å². The first-order valence-corrected chi connectivity index (χ1v) is 12.4. The Morgan fingerprint density at radius 1 is 1.19 bits per heavy atom. The molecule has 1 aromatic carbocycles.